The number of fused-ring (bicyclic) bond motifs is 1. The lowest BCUT2D eigenvalue weighted by atomic mass is 9.75. The Morgan fingerprint density at radius 1 is 0.800 bits per heavy atom. The van der Waals surface area contributed by atoms with E-state index in [2.05, 4.69) is 9.97 Å². The lowest BCUT2D eigenvalue weighted by molar-refractivity contribution is 0.0952. The van der Waals surface area contributed by atoms with E-state index in [4.69, 9.17) is 0 Å². The van der Waals surface area contributed by atoms with Crippen molar-refractivity contribution in [3.63, 3.8) is 0 Å². The molecule has 0 aliphatic heterocycles. The van der Waals surface area contributed by atoms with Crippen molar-refractivity contribution in [2.24, 2.45) is 11.8 Å². The van der Waals surface area contributed by atoms with E-state index in [-0.39, 0.29) is 34.8 Å². The zero-order valence-electron chi connectivity index (χ0n) is 12.0. The second-order valence-electron chi connectivity index (χ2n) is 5.54. The Labute approximate surface area is 117 Å². The first-order chi connectivity index (χ1) is 9.41. The molecule has 102 valence electrons. The van der Waals surface area contributed by atoms with E-state index in [9.17, 15) is 9.59 Å². The molecule has 0 amide bonds. The number of allylic oxidation sites excluding steroid dienone is 4. The summed E-state index contributed by atoms with van der Waals surface area (Å²) in [5.74, 6) is -0.383. The van der Waals surface area contributed by atoms with E-state index >= 15 is 0 Å². The van der Waals surface area contributed by atoms with Crippen molar-refractivity contribution in [2.45, 2.75) is 27.7 Å². The van der Waals surface area contributed by atoms with Crippen molar-refractivity contribution in [1.82, 2.24) is 9.97 Å². The minimum Gasteiger partial charge on any atom is -0.287 e. The Hall–Kier alpha value is -2.10. The van der Waals surface area contributed by atoms with Crippen molar-refractivity contribution < 1.29 is 9.59 Å². The molecule has 1 aromatic rings. The Bertz CT molecular complexity index is 654. The minimum atomic E-state index is -0.145. The number of hydrogen-bond donors (Lipinski definition) is 0. The van der Waals surface area contributed by atoms with Gasteiger partial charge in [0.2, 0.25) is 11.6 Å². The van der Waals surface area contributed by atoms with Crippen molar-refractivity contribution >= 4 is 11.6 Å². The lowest BCUT2D eigenvalue weighted by Gasteiger charge is -2.28. The van der Waals surface area contributed by atoms with Crippen LogP contribution in [0.2, 0.25) is 0 Å². The maximum atomic E-state index is 12.7. The molecule has 0 bridgehead atoms. The summed E-state index contributed by atoms with van der Waals surface area (Å²) in [5.41, 5.74) is 3.00. The summed E-state index contributed by atoms with van der Waals surface area (Å²) < 4.78 is 0. The summed E-state index contributed by atoms with van der Waals surface area (Å²) in [6.07, 6.45) is 3.96. The molecule has 3 rings (SSSR count). The van der Waals surface area contributed by atoms with Gasteiger partial charge < -0.3 is 0 Å². The van der Waals surface area contributed by atoms with E-state index in [1.807, 2.05) is 26.0 Å². The highest BCUT2D eigenvalue weighted by Crippen LogP contribution is 2.37. The quantitative estimate of drug-likeness (QED) is 0.679. The third-order valence-corrected chi connectivity index (χ3v) is 4.12. The molecule has 1 heterocycles. The van der Waals surface area contributed by atoms with Gasteiger partial charge in [0, 0.05) is 23.0 Å². The van der Waals surface area contributed by atoms with Gasteiger partial charge in [-0.15, -0.1) is 0 Å². The predicted molar refractivity (Wildman–Crippen MR) is 74.7 cm³/mol. The Kier molecular flexibility index (Phi) is 2.71. The third-order valence-electron chi connectivity index (χ3n) is 4.12. The summed E-state index contributed by atoms with van der Waals surface area (Å²) in [4.78, 5) is 33.9. The van der Waals surface area contributed by atoms with Gasteiger partial charge in [-0.25, -0.2) is 9.97 Å². The number of aromatic nitrogens is 2. The number of Topliss-reactive ketones (excluding diaryl/α,β-unsaturated/α-hetero) is 2. The van der Waals surface area contributed by atoms with Crippen LogP contribution in [-0.2, 0) is 0 Å². The molecule has 0 fully saturated rings. The Balaban J connectivity index is 2.28. The first-order valence-electron chi connectivity index (χ1n) is 6.78. The molecule has 20 heavy (non-hydrogen) atoms. The Morgan fingerprint density at radius 3 is 1.50 bits per heavy atom. The fourth-order valence-corrected chi connectivity index (χ4v) is 2.85. The molecule has 4 nitrogen and oxygen atoms in total. The van der Waals surface area contributed by atoms with Gasteiger partial charge in [-0.2, -0.15) is 0 Å². The number of carbonyl (C=O) groups is 2. The average Bonchev–Trinajstić information content (AvgIpc) is 2.41. The van der Waals surface area contributed by atoms with Crippen LogP contribution in [0, 0.1) is 25.7 Å². The maximum absolute atomic E-state index is 12.7. The highest BCUT2D eigenvalue weighted by atomic mass is 16.1. The fourth-order valence-electron chi connectivity index (χ4n) is 2.85. The minimum absolute atomic E-state index is 0.0470. The zero-order chi connectivity index (χ0) is 14.6. The molecule has 0 unspecified atom stereocenters. The van der Waals surface area contributed by atoms with E-state index in [0.29, 0.717) is 22.5 Å². The first kappa shape index (κ1) is 12.9. The van der Waals surface area contributed by atoms with Gasteiger partial charge in [0.15, 0.2) is 0 Å². The van der Waals surface area contributed by atoms with Gasteiger partial charge in [0.1, 0.15) is 11.4 Å². The molecule has 2 aliphatic carbocycles. The van der Waals surface area contributed by atoms with Gasteiger partial charge in [0.25, 0.3) is 0 Å². The predicted octanol–water partition coefficient (Wildman–Crippen LogP) is 2.61. The molecule has 0 aromatic carbocycles. The van der Waals surface area contributed by atoms with Crippen molar-refractivity contribution in [3.05, 3.63) is 46.1 Å². The molecule has 4 heteroatoms. The number of carbonyl (C=O) groups excluding carboxylic acids is 2. The zero-order valence-corrected chi connectivity index (χ0v) is 12.0. The van der Waals surface area contributed by atoms with Crippen molar-refractivity contribution in [3.8, 4) is 0 Å². The van der Waals surface area contributed by atoms with Crippen LogP contribution in [0.4, 0.5) is 0 Å². The number of rotatable bonds is 0. The fraction of sp³-hybridized carbons (Fsp3) is 0.375. The van der Waals surface area contributed by atoms with Crippen molar-refractivity contribution in [2.75, 3.05) is 0 Å². The summed E-state index contributed by atoms with van der Waals surface area (Å²) >= 11 is 0. The topological polar surface area (TPSA) is 59.9 Å². The van der Waals surface area contributed by atoms with Crippen LogP contribution < -0.4 is 0 Å². The van der Waals surface area contributed by atoms with Gasteiger partial charge in [-0.05, 0) is 13.8 Å². The monoisotopic (exact) mass is 268 g/mol. The van der Waals surface area contributed by atoms with Crippen LogP contribution >= 0.6 is 0 Å². The molecule has 0 saturated heterocycles. The molecule has 1 aromatic heterocycles. The molecular weight excluding hydrogens is 252 g/mol. The van der Waals surface area contributed by atoms with Crippen LogP contribution in [0.1, 0.15) is 46.2 Å². The summed E-state index contributed by atoms with van der Waals surface area (Å²) in [7, 11) is 0. The lowest BCUT2D eigenvalue weighted by Crippen LogP contribution is -2.31. The van der Waals surface area contributed by atoms with Gasteiger partial charge in [0.05, 0.1) is 11.4 Å². The van der Waals surface area contributed by atoms with E-state index in [0.717, 1.165) is 0 Å². The van der Waals surface area contributed by atoms with Crippen LogP contribution in [0.25, 0.3) is 0 Å². The maximum Gasteiger partial charge on any atom is 0.210 e. The van der Waals surface area contributed by atoms with Crippen molar-refractivity contribution in [1.29, 1.82) is 0 Å². The molecule has 2 aliphatic rings. The molecule has 0 saturated carbocycles. The van der Waals surface area contributed by atoms with Crippen LogP contribution in [0.3, 0.4) is 0 Å². The molecular formula is C16H16N2O2. The third kappa shape index (κ3) is 1.60. The van der Waals surface area contributed by atoms with E-state index < -0.39 is 0 Å². The summed E-state index contributed by atoms with van der Waals surface area (Å²) in [5, 5.41) is 0. The van der Waals surface area contributed by atoms with Gasteiger partial charge in [-0.1, -0.05) is 26.0 Å². The average molecular weight is 268 g/mol. The van der Waals surface area contributed by atoms with Gasteiger partial charge >= 0.3 is 0 Å². The van der Waals surface area contributed by atoms with Gasteiger partial charge in [-0.3, -0.25) is 9.59 Å². The largest absolute Gasteiger partial charge is 0.287 e. The standard InChI is InChI=1S/C16H16N2O2/c1-7-5-6-8(2)12-11(7)15(19)13-14(16(12)20)18-10(4)9(3)17-13/h5-8H,1-4H3/t7-,8-/m1/s1. The molecule has 0 spiro atoms. The highest BCUT2D eigenvalue weighted by Gasteiger charge is 2.39. The van der Waals surface area contributed by atoms with Crippen LogP contribution in [0.15, 0.2) is 23.3 Å². The van der Waals surface area contributed by atoms with Crippen LogP contribution in [-0.4, -0.2) is 21.5 Å². The molecule has 0 N–H and O–H groups in total. The summed E-state index contributed by atoms with van der Waals surface area (Å²) in [6, 6.07) is 0. The molecule has 0 radical (unpaired) electrons. The van der Waals surface area contributed by atoms with E-state index in [1.54, 1.807) is 13.8 Å². The highest BCUT2D eigenvalue weighted by molar-refractivity contribution is 6.26. The SMILES string of the molecule is Cc1nc2c(nc1C)C(=O)C1=C(C2=O)[C@H](C)C=C[C@H]1C. The molecule has 2 atom stereocenters. The summed E-state index contributed by atoms with van der Waals surface area (Å²) in [6.45, 7) is 7.47. The number of ketones is 2. The second-order valence-corrected chi connectivity index (χ2v) is 5.54. The Morgan fingerprint density at radius 2 is 1.15 bits per heavy atom. The smallest absolute Gasteiger partial charge is 0.210 e. The van der Waals surface area contributed by atoms with Crippen LogP contribution in [0.5, 0.6) is 0 Å². The first-order valence-corrected chi connectivity index (χ1v) is 6.78. The number of aryl methyl sites for hydroxylation is 2. The second kappa shape index (κ2) is 4.20. The number of nitrogens with zero attached hydrogens (tertiary/aromatic N) is 2. The normalized spacial score (nSPS) is 24.8. The number of hydrogen-bond acceptors (Lipinski definition) is 4. The van der Waals surface area contributed by atoms with E-state index in [1.165, 1.54) is 0 Å².